The monoisotopic (exact) mass is 407 g/mol. The molecule has 1 atom stereocenters. The highest BCUT2D eigenvalue weighted by atomic mass is 19.1. The number of rotatable bonds is 3. The lowest BCUT2D eigenvalue weighted by Gasteiger charge is -2.33. The van der Waals surface area contributed by atoms with Gasteiger partial charge in [-0.2, -0.15) is 5.10 Å². The van der Waals surface area contributed by atoms with Gasteiger partial charge in [0, 0.05) is 23.4 Å². The fourth-order valence-corrected chi connectivity index (χ4v) is 3.29. The van der Waals surface area contributed by atoms with Gasteiger partial charge in [-0.1, -0.05) is 6.08 Å². The van der Waals surface area contributed by atoms with Crippen molar-refractivity contribution in [2.24, 2.45) is 5.10 Å². The molecule has 0 saturated heterocycles. The molecule has 1 N–H and O–H groups in total. The Morgan fingerprint density at radius 1 is 1.10 bits per heavy atom. The number of fused-ring (bicyclic) bond motifs is 1. The van der Waals surface area contributed by atoms with E-state index in [1.165, 1.54) is 23.2 Å². The molecule has 152 valence electrons. The van der Waals surface area contributed by atoms with Crippen LogP contribution in [0.1, 0.15) is 18.1 Å². The van der Waals surface area contributed by atoms with Crippen molar-refractivity contribution in [2.75, 3.05) is 7.11 Å². The van der Waals surface area contributed by atoms with Crippen LogP contribution in [0.15, 0.2) is 71.9 Å². The molecule has 7 heteroatoms. The first-order valence-corrected chi connectivity index (χ1v) is 9.31. The molecule has 5 nitrogen and oxygen atoms in total. The lowest BCUT2D eigenvalue weighted by Crippen LogP contribution is -2.47. The number of hydrazone groups is 1. The minimum Gasteiger partial charge on any atom is -0.497 e. The molecule has 0 fully saturated rings. The predicted molar refractivity (Wildman–Crippen MR) is 111 cm³/mol. The maximum Gasteiger partial charge on any atom is 0.271 e. The van der Waals surface area contributed by atoms with Gasteiger partial charge in [-0.15, -0.1) is 0 Å². The molecular weight excluding hydrogens is 388 g/mol. The molecule has 30 heavy (non-hydrogen) atoms. The summed E-state index contributed by atoms with van der Waals surface area (Å²) in [7, 11) is 1.58. The van der Waals surface area contributed by atoms with Crippen molar-refractivity contribution in [2.45, 2.75) is 13.1 Å². The molecule has 4 rings (SSSR count). The number of benzene rings is 2. The number of hydrogen-bond donors (Lipinski definition) is 1. The first-order valence-electron chi connectivity index (χ1n) is 9.31. The Morgan fingerprint density at radius 3 is 2.57 bits per heavy atom. The average Bonchev–Trinajstić information content (AvgIpc) is 2.72. The van der Waals surface area contributed by atoms with Crippen molar-refractivity contribution in [3.05, 3.63) is 89.5 Å². The van der Waals surface area contributed by atoms with E-state index in [1.807, 2.05) is 12.1 Å². The molecule has 0 radical (unpaired) electrons. The van der Waals surface area contributed by atoms with Gasteiger partial charge >= 0.3 is 0 Å². The molecule has 2 aromatic rings. The van der Waals surface area contributed by atoms with Crippen LogP contribution in [0.25, 0.3) is 11.3 Å². The summed E-state index contributed by atoms with van der Waals surface area (Å²) >= 11 is 0. The Bertz CT molecular complexity index is 1120. The maximum absolute atomic E-state index is 14.4. The molecule has 0 bridgehead atoms. The van der Waals surface area contributed by atoms with Crippen LogP contribution in [-0.2, 0) is 4.79 Å². The smallest absolute Gasteiger partial charge is 0.271 e. The van der Waals surface area contributed by atoms with Gasteiger partial charge in [0.2, 0.25) is 0 Å². The van der Waals surface area contributed by atoms with Crippen LogP contribution in [0, 0.1) is 11.6 Å². The largest absolute Gasteiger partial charge is 0.497 e. The summed E-state index contributed by atoms with van der Waals surface area (Å²) in [5.74, 6) is -0.940. The number of halogens is 2. The molecule has 0 spiro atoms. The van der Waals surface area contributed by atoms with Gasteiger partial charge in [-0.3, -0.25) is 4.79 Å². The highest BCUT2D eigenvalue weighted by Gasteiger charge is 2.28. The van der Waals surface area contributed by atoms with Crippen molar-refractivity contribution < 1.29 is 18.3 Å². The average molecular weight is 407 g/mol. The summed E-state index contributed by atoms with van der Waals surface area (Å²) in [5, 5.41) is 8.92. The number of hydrogen-bond acceptors (Lipinski definition) is 4. The van der Waals surface area contributed by atoms with Crippen molar-refractivity contribution in [1.29, 1.82) is 0 Å². The molecule has 2 aliphatic rings. The lowest BCUT2D eigenvalue weighted by atomic mass is 10.0. The van der Waals surface area contributed by atoms with Gasteiger partial charge in [-0.25, -0.2) is 13.8 Å². The van der Waals surface area contributed by atoms with E-state index in [0.29, 0.717) is 22.7 Å². The van der Waals surface area contributed by atoms with E-state index in [2.05, 4.69) is 10.4 Å². The van der Waals surface area contributed by atoms with Crippen LogP contribution in [0.3, 0.4) is 0 Å². The third kappa shape index (κ3) is 3.87. The molecule has 0 aromatic heterocycles. The fraction of sp³-hybridized carbons (Fsp3) is 0.130. The van der Waals surface area contributed by atoms with Crippen molar-refractivity contribution in [1.82, 2.24) is 10.3 Å². The summed E-state index contributed by atoms with van der Waals surface area (Å²) in [6.07, 6.45) is 5.88. The maximum atomic E-state index is 14.4. The zero-order valence-electron chi connectivity index (χ0n) is 16.4. The van der Waals surface area contributed by atoms with Gasteiger partial charge < -0.3 is 10.1 Å². The molecule has 2 aromatic carbocycles. The number of carbonyl (C=O) groups is 1. The number of allylic oxidation sites excluding steroid dienone is 3. The molecule has 0 aliphatic carbocycles. The fourth-order valence-electron chi connectivity index (χ4n) is 3.29. The normalized spacial score (nSPS) is 22.9. The van der Waals surface area contributed by atoms with Crippen LogP contribution in [-0.4, -0.2) is 29.9 Å². The molecule has 2 aliphatic heterocycles. The molecule has 1 amide bonds. The van der Waals surface area contributed by atoms with Crippen LogP contribution in [0.5, 0.6) is 5.75 Å². The van der Waals surface area contributed by atoms with Gasteiger partial charge in [0.15, 0.2) is 0 Å². The molecular formula is C23H19F2N3O2. The number of ether oxygens (including phenoxy) is 1. The standard InChI is InChI=1S/C23H19F2N3O2/c1-14-3-4-16(19-10-7-17(24)12-20(19)25)11-22-26-21(13-23(29)28(22)27-14)15-5-8-18(30-2)9-6-15/h3-13,22,26H,1-2H3/b4-3-,16-11+,27-14-. The van der Waals surface area contributed by atoms with Crippen molar-refractivity contribution in [3.63, 3.8) is 0 Å². The third-order valence-electron chi connectivity index (χ3n) is 4.81. The summed E-state index contributed by atoms with van der Waals surface area (Å²) in [6, 6.07) is 10.7. The Morgan fingerprint density at radius 2 is 1.87 bits per heavy atom. The quantitative estimate of drug-likeness (QED) is 0.834. The van der Waals surface area contributed by atoms with Crippen LogP contribution < -0.4 is 10.1 Å². The van der Waals surface area contributed by atoms with E-state index in [0.717, 1.165) is 11.6 Å². The lowest BCUT2D eigenvalue weighted by molar-refractivity contribution is -0.128. The SMILES string of the molecule is COc1ccc(C2=CC(=O)N3\N=C(C)/C=C\C(c4ccc(F)cc4F)=C/C3N2)cc1. The zero-order chi connectivity index (χ0) is 21.3. The van der Waals surface area contributed by atoms with E-state index in [-0.39, 0.29) is 11.5 Å². The van der Waals surface area contributed by atoms with E-state index < -0.39 is 17.8 Å². The van der Waals surface area contributed by atoms with Crippen LogP contribution >= 0.6 is 0 Å². The van der Waals surface area contributed by atoms with Crippen molar-refractivity contribution in [3.8, 4) is 5.75 Å². The number of amides is 1. The minimum absolute atomic E-state index is 0.233. The first kappa shape index (κ1) is 19.6. The highest BCUT2D eigenvalue weighted by molar-refractivity contribution is 6.01. The minimum atomic E-state index is -0.680. The molecule has 1 unspecified atom stereocenters. The molecule has 2 heterocycles. The number of nitrogens with one attached hydrogen (secondary N) is 1. The van der Waals surface area contributed by atoms with Crippen molar-refractivity contribution >= 4 is 22.9 Å². The Hall–Kier alpha value is -3.74. The number of nitrogens with zero attached hydrogens (tertiary/aromatic N) is 2. The highest BCUT2D eigenvalue weighted by Crippen LogP contribution is 2.27. The summed E-state index contributed by atoms with van der Waals surface area (Å²) < 4.78 is 32.9. The number of methoxy groups -OCH3 is 1. The van der Waals surface area contributed by atoms with E-state index in [4.69, 9.17) is 4.74 Å². The van der Waals surface area contributed by atoms with E-state index in [1.54, 1.807) is 44.4 Å². The second kappa shape index (κ2) is 7.94. The number of carbonyl (C=O) groups excluding carboxylic acids is 1. The van der Waals surface area contributed by atoms with Gasteiger partial charge in [0.05, 0.1) is 12.8 Å². The van der Waals surface area contributed by atoms with E-state index in [9.17, 15) is 13.6 Å². The molecule has 0 saturated carbocycles. The Labute approximate surface area is 172 Å². The zero-order valence-corrected chi connectivity index (χ0v) is 16.4. The van der Waals surface area contributed by atoms with Gasteiger partial charge in [-0.05, 0) is 66.6 Å². The van der Waals surface area contributed by atoms with Crippen LogP contribution in [0.2, 0.25) is 0 Å². The Kier molecular flexibility index (Phi) is 5.18. The van der Waals surface area contributed by atoms with Crippen LogP contribution in [0.4, 0.5) is 8.78 Å². The second-order valence-corrected chi connectivity index (χ2v) is 6.88. The topological polar surface area (TPSA) is 53.9 Å². The summed E-state index contributed by atoms with van der Waals surface area (Å²) in [4.78, 5) is 12.8. The third-order valence-corrected chi connectivity index (χ3v) is 4.81. The second-order valence-electron chi connectivity index (χ2n) is 6.88. The Balaban J connectivity index is 1.75. The summed E-state index contributed by atoms with van der Waals surface area (Å²) in [6.45, 7) is 1.74. The van der Waals surface area contributed by atoms with E-state index >= 15 is 0 Å². The van der Waals surface area contributed by atoms with Gasteiger partial charge in [0.1, 0.15) is 23.5 Å². The first-order chi connectivity index (χ1) is 14.4. The van der Waals surface area contributed by atoms with Gasteiger partial charge in [0.25, 0.3) is 5.91 Å². The predicted octanol–water partition coefficient (Wildman–Crippen LogP) is 4.10. The summed E-state index contributed by atoms with van der Waals surface area (Å²) in [5.41, 5.74) is 2.72.